The number of nitrogen functional groups attached to an aromatic ring is 1. The topological polar surface area (TPSA) is 106 Å². The SMILES string of the molecule is N#Cc1c(CCCNC(=O)CCCOCCc2ccccc2)nn(-c2ccccc2)c1N. The largest absolute Gasteiger partial charge is 0.382 e. The molecule has 3 aromatic rings. The summed E-state index contributed by atoms with van der Waals surface area (Å²) in [5.41, 5.74) is 9.22. The van der Waals surface area contributed by atoms with Crippen LogP contribution in [0, 0.1) is 11.3 Å². The number of carbonyl (C=O) groups excluding carboxylic acids is 1. The molecule has 0 saturated heterocycles. The number of aromatic nitrogens is 2. The Hall–Kier alpha value is -3.63. The van der Waals surface area contributed by atoms with Crippen LogP contribution in [0.4, 0.5) is 5.82 Å². The van der Waals surface area contributed by atoms with E-state index in [0.29, 0.717) is 62.5 Å². The lowest BCUT2D eigenvalue weighted by Crippen LogP contribution is -2.24. The molecule has 0 fully saturated rings. The molecule has 1 heterocycles. The highest BCUT2D eigenvalue weighted by Crippen LogP contribution is 2.21. The summed E-state index contributed by atoms with van der Waals surface area (Å²) in [6.07, 6.45) is 3.25. The summed E-state index contributed by atoms with van der Waals surface area (Å²) in [4.78, 5) is 12.0. The molecule has 0 saturated carbocycles. The number of nitrogens with zero attached hydrogens (tertiary/aromatic N) is 3. The minimum atomic E-state index is 0.00601. The molecule has 7 nitrogen and oxygen atoms in total. The lowest BCUT2D eigenvalue weighted by molar-refractivity contribution is -0.121. The molecule has 0 aliphatic carbocycles. The number of amides is 1. The van der Waals surface area contributed by atoms with Crippen LogP contribution in [0.3, 0.4) is 0 Å². The van der Waals surface area contributed by atoms with Crippen LogP contribution in [0.1, 0.15) is 36.1 Å². The Bertz CT molecular complexity index is 1030. The number of anilines is 1. The normalized spacial score (nSPS) is 10.6. The van der Waals surface area contributed by atoms with Crippen LogP contribution in [0.5, 0.6) is 0 Å². The smallest absolute Gasteiger partial charge is 0.220 e. The maximum atomic E-state index is 12.0. The maximum absolute atomic E-state index is 12.0. The van der Waals surface area contributed by atoms with Gasteiger partial charge in [0.2, 0.25) is 5.91 Å². The molecule has 1 amide bonds. The predicted octanol–water partition coefficient (Wildman–Crippen LogP) is 3.41. The van der Waals surface area contributed by atoms with Gasteiger partial charge in [0.05, 0.1) is 18.0 Å². The van der Waals surface area contributed by atoms with Crippen LogP contribution in [0.2, 0.25) is 0 Å². The van der Waals surface area contributed by atoms with Crippen LogP contribution in [-0.4, -0.2) is 35.4 Å². The summed E-state index contributed by atoms with van der Waals surface area (Å²) >= 11 is 0. The summed E-state index contributed by atoms with van der Waals surface area (Å²) in [7, 11) is 0. The third-order valence-electron chi connectivity index (χ3n) is 5.09. The number of aryl methyl sites for hydroxylation is 1. The van der Waals surface area contributed by atoms with Crippen LogP contribution in [0.15, 0.2) is 60.7 Å². The second kappa shape index (κ2) is 12.3. The van der Waals surface area contributed by atoms with E-state index in [1.165, 1.54) is 5.56 Å². The predicted molar refractivity (Wildman–Crippen MR) is 124 cm³/mol. The van der Waals surface area contributed by atoms with Gasteiger partial charge in [-0.3, -0.25) is 4.79 Å². The number of hydrogen-bond acceptors (Lipinski definition) is 5. The first-order valence-electron chi connectivity index (χ1n) is 10.9. The fourth-order valence-corrected chi connectivity index (χ4v) is 3.38. The molecule has 0 atom stereocenters. The second-order valence-corrected chi connectivity index (χ2v) is 7.47. The van der Waals surface area contributed by atoms with Gasteiger partial charge in [0.25, 0.3) is 0 Å². The fourth-order valence-electron chi connectivity index (χ4n) is 3.38. The van der Waals surface area contributed by atoms with Gasteiger partial charge in [0, 0.05) is 19.6 Å². The first-order valence-corrected chi connectivity index (χ1v) is 10.9. The van der Waals surface area contributed by atoms with Crippen molar-refractivity contribution in [2.24, 2.45) is 0 Å². The van der Waals surface area contributed by atoms with E-state index in [-0.39, 0.29) is 5.91 Å². The van der Waals surface area contributed by atoms with Crippen molar-refractivity contribution in [1.29, 1.82) is 5.26 Å². The van der Waals surface area contributed by atoms with Gasteiger partial charge in [-0.25, -0.2) is 4.68 Å². The highest BCUT2D eigenvalue weighted by atomic mass is 16.5. The quantitative estimate of drug-likeness (QED) is 0.428. The van der Waals surface area contributed by atoms with E-state index < -0.39 is 0 Å². The van der Waals surface area contributed by atoms with Crippen molar-refractivity contribution >= 4 is 11.7 Å². The molecule has 0 bridgehead atoms. The number of rotatable bonds is 12. The van der Waals surface area contributed by atoms with E-state index in [4.69, 9.17) is 10.5 Å². The van der Waals surface area contributed by atoms with Gasteiger partial charge in [0.15, 0.2) is 0 Å². The minimum absolute atomic E-state index is 0.00601. The molecule has 3 rings (SSSR count). The molecule has 0 aliphatic heterocycles. The van der Waals surface area contributed by atoms with Gasteiger partial charge in [-0.05, 0) is 43.4 Å². The van der Waals surface area contributed by atoms with E-state index in [1.54, 1.807) is 4.68 Å². The lowest BCUT2D eigenvalue weighted by Gasteiger charge is -2.06. The summed E-state index contributed by atoms with van der Waals surface area (Å²) in [6, 6.07) is 21.8. The van der Waals surface area contributed by atoms with Crippen molar-refractivity contribution in [1.82, 2.24) is 15.1 Å². The number of ether oxygens (including phenoxy) is 1. The van der Waals surface area contributed by atoms with Gasteiger partial charge in [0.1, 0.15) is 17.5 Å². The van der Waals surface area contributed by atoms with Crippen molar-refractivity contribution in [2.75, 3.05) is 25.5 Å². The number of nitrogens with one attached hydrogen (secondary N) is 1. The van der Waals surface area contributed by atoms with Crippen molar-refractivity contribution in [3.63, 3.8) is 0 Å². The van der Waals surface area contributed by atoms with Gasteiger partial charge in [-0.1, -0.05) is 48.5 Å². The molecular formula is C25H29N5O2. The first-order chi connectivity index (χ1) is 15.7. The standard InChI is InChI=1S/C25H29N5O2/c26-19-22-23(29-30(25(22)27)21-11-5-2-6-12-21)13-7-16-28-24(31)14-8-17-32-18-15-20-9-3-1-4-10-20/h1-6,9-12H,7-8,13-18,27H2,(H,28,31). The minimum Gasteiger partial charge on any atom is -0.382 e. The Morgan fingerprint density at radius 3 is 2.47 bits per heavy atom. The van der Waals surface area contributed by atoms with E-state index in [2.05, 4.69) is 28.6 Å². The average molecular weight is 432 g/mol. The molecule has 2 aromatic carbocycles. The van der Waals surface area contributed by atoms with Crippen LogP contribution < -0.4 is 11.1 Å². The molecule has 0 radical (unpaired) electrons. The number of benzene rings is 2. The Morgan fingerprint density at radius 1 is 1.03 bits per heavy atom. The highest BCUT2D eigenvalue weighted by molar-refractivity contribution is 5.75. The number of para-hydroxylation sites is 1. The fraction of sp³-hybridized carbons (Fsp3) is 0.320. The van der Waals surface area contributed by atoms with Crippen LogP contribution in [0.25, 0.3) is 5.69 Å². The summed E-state index contributed by atoms with van der Waals surface area (Å²) in [5.74, 6) is 0.344. The molecule has 3 N–H and O–H groups in total. The zero-order valence-corrected chi connectivity index (χ0v) is 18.2. The summed E-state index contributed by atoms with van der Waals surface area (Å²) < 4.78 is 7.20. The average Bonchev–Trinajstić information content (AvgIpc) is 3.15. The third kappa shape index (κ3) is 6.69. The van der Waals surface area contributed by atoms with Gasteiger partial charge in [-0.15, -0.1) is 0 Å². The van der Waals surface area contributed by atoms with E-state index in [9.17, 15) is 10.1 Å². The number of hydrogen-bond donors (Lipinski definition) is 2. The summed E-state index contributed by atoms with van der Waals surface area (Å²) in [5, 5.41) is 16.9. The third-order valence-corrected chi connectivity index (χ3v) is 5.09. The molecule has 7 heteroatoms. The molecule has 32 heavy (non-hydrogen) atoms. The van der Waals surface area contributed by atoms with Crippen molar-refractivity contribution in [3.05, 3.63) is 77.5 Å². The molecule has 0 aliphatic rings. The van der Waals surface area contributed by atoms with Gasteiger partial charge in [-0.2, -0.15) is 10.4 Å². The van der Waals surface area contributed by atoms with Gasteiger partial charge >= 0.3 is 0 Å². The van der Waals surface area contributed by atoms with E-state index >= 15 is 0 Å². The van der Waals surface area contributed by atoms with Gasteiger partial charge < -0.3 is 15.8 Å². The Labute approximate surface area is 188 Å². The zero-order valence-electron chi connectivity index (χ0n) is 18.2. The van der Waals surface area contributed by atoms with E-state index in [1.807, 2.05) is 48.5 Å². The lowest BCUT2D eigenvalue weighted by atomic mass is 10.1. The molecule has 0 unspecified atom stereocenters. The summed E-state index contributed by atoms with van der Waals surface area (Å²) in [6.45, 7) is 1.75. The Balaban J connectivity index is 1.33. The first kappa shape index (κ1) is 23.0. The highest BCUT2D eigenvalue weighted by Gasteiger charge is 2.16. The Kier molecular flexibility index (Phi) is 8.84. The molecule has 166 valence electrons. The van der Waals surface area contributed by atoms with Crippen molar-refractivity contribution in [2.45, 2.75) is 32.1 Å². The molecular weight excluding hydrogens is 402 g/mol. The number of nitriles is 1. The Morgan fingerprint density at radius 2 is 1.75 bits per heavy atom. The number of carbonyl (C=O) groups is 1. The van der Waals surface area contributed by atoms with E-state index in [0.717, 1.165) is 12.1 Å². The van der Waals surface area contributed by atoms with Crippen molar-refractivity contribution < 1.29 is 9.53 Å². The zero-order chi connectivity index (χ0) is 22.6. The maximum Gasteiger partial charge on any atom is 0.220 e. The van der Waals surface area contributed by atoms with Crippen molar-refractivity contribution in [3.8, 4) is 11.8 Å². The molecule has 1 aromatic heterocycles. The van der Waals surface area contributed by atoms with Crippen LogP contribution >= 0.6 is 0 Å². The molecule has 0 spiro atoms. The monoisotopic (exact) mass is 431 g/mol. The number of nitrogens with two attached hydrogens (primary N) is 1. The van der Waals surface area contributed by atoms with Crippen LogP contribution in [-0.2, 0) is 22.4 Å². The second-order valence-electron chi connectivity index (χ2n) is 7.47.